The highest BCUT2D eigenvalue weighted by molar-refractivity contribution is 7.81. The summed E-state index contributed by atoms with van der Waals surface area (Å²) in [6.07, 6.45) is -3.50. The van der Waals surface area contributed by atoms with Gasteiger partial charge in [-0.15, -0.1) is 0 Å². The number of nitrogens with one attached hydrogen (secondary N) is 8. The van der Waals surface area contributed by atoms with E-state index in [0.717, 1.165) is 0 Å². The maximum absolute atomic E-state index is 15.1. The summed E-state index contributed by atoms with van der Waals surface area (Å²) in [5, 5.41) is 19.9. The molecule has 0 amide bonds. The minimum atomic E-state index is -1.97. The fraction of sp³-hybridized carbons (Fsp3) is 0.818. The van der Waals surface area contributed by atoms with E-state index in [-0.39, 0.29) is 226 Å². The van der Waals surface area contributed by atoms with Crippen LogP contribution in [0.2, 0.25) is 0 Å². The molecule has 0 spiro atoms. The van der Waals surface area contributed by atoms with Gasteiger partial charge in [-0.25, -0.2) is 17.6 Å². The van der Waals surface area contributed by atoms with Gasteiger partial charge in [0.15, 0.2) is 12.2 Å². The summed E-state index contributed by atoms with van der Waals surface area (Å²) in [5.41, 5.74) is -7.72. The lowest BCUT2D eigenvalue weighted by Crippen LogP contribution is -2.47. The van der Waals surface area contributed by atoms with E-state index in [1.165, 1.54) is 27.7 Å². The molecule has 0 aliphatic heterocycles. The Labute approximate surface area is 727 Å². The fourth-order valence-electron chi connectivity index (χ4n) is 7.88. The molecular weight excluding hydrogens is 1780 g/mol. The van der Waals surface area contributed by atoms with Crippen molar-refractivity contribution in [1.82, 2.24) is 42.5 Å². The van der Waals surface area contributed by atoms with E-state index >= 15 is 9.59 Å². The standard InChI is InChI=1S/C66H110F8N8O29S8/c1-63(41-98-55(112)75-9-21-87-17-5-67,42-99-56(113)76-10-22-88-18-6-68)51(83)96-39-49(110-53(85)65(3,45-102-59(116)77-11-23-89-19-7-69)46-103-60(117)78-12-24-90-20-8-70)37-95-38-50(111-54(86)66(4,47-104-61(118)81-15-27-93-31-35-108-73)48-105-62(119)82-16-28-94-32-36-109-74)40-97-52(84)64(2,43-100-57(114)79-13-25-91-29-33-106-71)44-101-58(115)80-14-26-92-30-34-107-72/h49-50H,5-48H2,1-4H3,(H,75,112)(H,76,113)(H,77,116)(H,78,117)(H,79,114)(H,80,115)(H,81,118)(H,82,119). The maximum Gasteiger partial charge on any atom is 0.319 e. The number of carbonyl (C=O) groups excluding carboxylic acids is 4. The summed E-state index contributed by atoms with van der Waals surface area (Å²) in [6, 6.07) is 0. The smallest absolute Gasteiger partial charge is 0.319 e. The Morgan fingerprint density at radius 3 is 0.597 bits per heavy atom. The Morgan fingerprint density at radius 1 is 0.244 bits per heavy atom. The zero-order chi connectivity index (χ0) is 88.5. The molecular formula is C66H110F8N8O29S8. The Bertz CT molecular complexity index is 2710. The Morgan fingerprint density at radius 2 is 0.420 bits per heavy atom. The highest BCUT2D eigenvalue weighted by atomic mass is 32.1. The van der Waals surface area contributed by atoms with Crippen LogP contribution < -0.4 is 42.5 Å². The molecule has 0 aromatic heterocycles. The van der Waals surface area contributed by atoms with E-state index in [0.29, 0.717) is 0 Å². The molecule has 0 radical (unpaired) electrons. The molecule has 0 aromatic rings. The first-order chi connectivity index (χ1) is 57.2. The van der Waals surface area contributed by atoms with Crippen molar-refractivity contribution < 1.29 is 174 Å². The SMILES string of the molecule is CC(COC(=S)NCCOCCF)(COC(=S)NCCOCCF)C(=O)OCC(COCC(COC(=O)C(C)(COC(=S)NCCOCCOF)COC(=S)NCCOCCOF)OC(=O)C(C)(COC(=S)NCCOCCOF)COC(=S)NCCOCCOF)OC(=O)C(C)(COC(=S)NCCOCCF)COC(=S)NCCOCCF. The van der Waals surface area contributed by atoms with Crippen LogP contribution in [0.3, 0.4) is 0 Å². The van der Waals surface area contributed by atoms with E-state index in [1.54, 1.807) is 0 Å². The molecule has 53 heteroatoms. The zero-order valence-electron chi connectivity index (χ0n) is 66.4. The van der Waals surface area contributed by atoms with Crippen molar-refractivity contribution in [3.8, 4) is 0 Å². The third-order valence-corrected chi connectivity index (χ3v) is 16.4. The minimum Gasteiger partial charge on any atom is -0.470 e. The molecule has 8 N–H and O–H groups in total. The molecule has 692 valence electrons. The van der Waals surface area contributed by atoms with Gasteiger partial charge in [-0.3, -0.25) is 19.2 Å². The molecule has 0 saturated heterocycles. The third kappa shape index (κ3) is 60.5. The van der Waals surface area contributed by atoms with Gasteiger partial charge < -0.3 is 142 Å². The van der Waals surface area contributed by atoms with Crippen molar-refractivity contribution in [2.24, 2.45) is 21.7 Å². The lowest BCUT2D eigenvalue weighted by Gasteiger charge is -2.32. The molecule has 0 bridgehead atoms. The minimum absolute atomic E-state index is 0.000254. The van der Waals surface area contributed by atoms with Gasteiger partial charge in [-0.2, -0.15) is 19.8 Å². The average molecular weight is 1890 g/mol. The molecule has 119 heavy (non-hydrogen) atoms. The van der Waals surface area contributed by atoms with Crippen LogP contribution in [0, 0.1) is 21.7 Å². The molecule has 2 unspecified atom stereocenters. The number of hydrogen-bond acceptors (Lipinski definition) is 37. The zero-order valence-corrected chi connectivity index (χ0v) is 72.9. The van der Waals surface area contributed by atoms with Gasteiger partial charge in [0.2, 0.25) is 0 Å². The number of esters is 4. The van der Waals surface area contributed by atoms with Crippen LogP contribution in [0.4, 0.5) is 35.7 Å². The molecule has 0 aliphatic carbocycles. The molecule has 2 atom stereocenters. The van der Waals surface area contributed by atoms with Crippen LogP contribution in [-0.2, 0) is 138 Å². The van der Waals surface area contributed by atoms with Crippen molar-refractivity contribution in [2.45, 2.75) is 39.9 Å². The van der Waals surface area contributed by atoms with Crippen molar-refractivity contribution >= 4 is 163 Å². The second kappa shape index (κ2) is 73.8. The van der Waals surface area contributed by atoms with Gasteiger partial charge in [0.25, 0.3) is 41.4 Å². The van der Waals surface area contributed by atoms with Crippen molar-refractivity contribution in [2.75, 3.05) is 290 Å². The first-order valence-corrected chi connectivity index (χ1v) is 39.9. The Kier molecular flexibility index (Phi) is 70.3. The first-order valence-electron chi connectivity index (χ1n) is 36.6. The molecule has 0 heterocycles. The number of thiocarbonyl (C=S) groups is 8. The van der Waals surface area contributed by atoms with Crippen LogP contribution >= 0.6 is 97.7 Å². The number of hydrogen-bond donors (Lipinski definition) is 8. The number of carbonyl (C=O) groups is 4. The third-order valence-electron chi connectivity index (χ3n) is 14.3. The van der Waals surface area contributed by atoms with Crippen LogP contribution in [0.5, 0.6) is 0 Å². The molecule has 0 fully saturated rings. The summed E-state index contributed by atoms with van der Waals surface area (Å²) in [5.74, 6) is -4.61. The lowest BCUT2D eigenvalue weighted by molar-refractivity contribution is -0.184. The number of alkyl halides is 4. The number of halogens is 8. The second-order valence-electron chi connectivity index (χ2n) is 25.0. The monoisotopic (exact) mass is 1890 g/mol. The van der Waals surface area contributed by atoms with Gasteiger partial charge in [-0.05, 0) is 144 Å². The topological polar surface area (TPSA) is 395 Å². The second-order valence-corrected chi connectivity index (χ2v) is 27.9. The number of ether oxygens (including phenoxy) is 21. The van der Waals surface area contributed by atoms with Gasteiger partial charge in [0.05, 0.1) is 119 Å². The van der Waals surface area contributed by atoms with E-state index in [2.05, 4.69) is 62.3 Å². The van der Waals surface area contributed by atoms with E-state index in [1.807, 2.05) is 0 Å². The highest BCUT2D eigenvalue weighted by Gasteiger charge is 2.44. The van der Waals surface area contributed by atoms with E-state index in [4.69, 9.17) is 197 Å². The van der Waals surface area contributed by atoms with Crippen LogP contribution in [0.25, 0.3) is 0 Å². The van der Waals surface area contributed by atoms with Crippen molar-refractivity contribution in [3.05, 3.63) is 0 Å². The Hall–Kier alpha value is -5.68. The summed E-state index contributed by atoms with van der Waals surface area (Å²) < 4.78 is 219. The highest BCUT2D eigenvalue weighted by Crippen LogP contribution is 2.27. The lowest BCUT2D eigenvalue weighted by atomic mass is 9.93. The molecule has 0 rings (SSSR count). The first kappa shape index (κ1) is 113. The van der Waals surface area contributed by atoms with Crippen LogP contribution in [0.1, 0.15) is 27.7 Å². The largest absolute Gasteiger partial charge is 0.470 e. The Balaban J connectivity index is 8.37. The maximum atomic E-state index is 15.1. The quantitative estimate of drug-likeness (QED) is 0.0143. The number of rotatable bonds is 74. The van der Waals surface area contributed by atoms with Crippen LogP contribution in [0.15, 0.2) is 0 Å². The van der Waals surface area contributed by atoms with Crippen molar-refractivity contribution in [3.63, 3.8) is 0 Å². The van der Waals surface area contributed by atoms with Gasteiger partial charge in [-0.1, -0.05) is 0 Å². The fourth-order valence-corrected chi connectivity index (χ4v) is 9.17. The van der Waals surface area contributed by atoms with Crippen LogP contribution in [-0.4, -0.2) is 368 Å². The molecule has 0 aliphatic rings. The van der Waals surface area contributed by atoms with E-state index in [9.17, 15) is 45.3 Å². The predicted octanol–water partition coefficient (Wildman–Crippen LogP) is 2.68. The molecule has 0 saturated carbocycles. The van der Waals surface area contributed by atoms with E-state index < -0.39 is 164 Å². The summed E-state index contributed by atoms with van der Waals surface area (Å²) in [7, 11) is 0. The summed E-state index contributed by atoms with van der Waals surface area (Å²) in [4.78, 5) is 73.7. The predicted molar refractivity (Wildman–Crippen MR) is 436 cm³/mol. The average Bonchev–Trinajstić information content (AvgIpc) is 0.848. The van der Waals surface area contributed by atoms with Gasteiger partial charge in [0.1, 0.15) is 141 Å². The van der Waals surface area contributed by atoms with Gasteiger partial charge >= 0.3 is 23.9 Å². The van der Waals surface area contributed by atoms with Crippen molar-refractivity contribution in [1.29, 1.82) is 0 Å². The normalized spacial score (nSPS) is 11.9. The summed E-state index contributed by atoms with van der Waals surface area (Å²) in [6.45, 7) is -8.85. The summed E-state index contributed by atoms with van der Waals surface area (Å²) >= 11 is 43.0. The van der Waals surface area contributed by atoms with Gasteiger partial charge in [0, 0.05) is 52.4 Å². The molecule has 37 nitrogen and oxygen atoms in total. The molecule has 0 aromatic carbocycles.